The molecule has 5 nitrogen and oxygen atoms in total. The lowest BCUT2D eigenvalue weighted by molar-refractivity contribution is -0.138. The number of aliphatic carboxylic acids is 1. The number of carboxylic acids is 1. The van der Waals surface area contributed by atoms with E-state index in [9.17, 15) is 13.2 Å². The van der Waals surface area contributed by atoms with Gasteiger partial charge in [0, 0.05) is 26.1 Å². The van der Waals surface area contributed by atoms with Crippen LogP contribution in [0.25, 0.3) is 0 Å². The minimum Gasteiger partial charge on any atom is -0.481 e. The highest BCUT2D eigenvalue weighted by Gasteiger charge is 2.22. The van der Waals surface area contributed by atoms with Crippen LogP contribution in [0.5, 0.6) is 0 Å². The third-order valence-corrected chi connectivity index (χ3v) is 4.14. The first kappa shape index (κ1) is 12.4. The van der Waals surface area contributed by atoms with Crippen LogP contribution in [0.15, 0.2) is 0 Å². The Balaban J connectivity index is 2.32. The highest BCUT2D eigenvalue weighted by Crippen LogP contribution is 2.09. The first-order valence-electron chi connectivity index (χ1n) is 5.03. The molecule has 0 spiro atoms. The van der Waals surface area contributed by atoms with Crippen molar-refractivity contribution in [3.63, 3.8) is 0 Å². The summed E-state index contributed by atoms with van der Waals surface area (Å²) >= 11 is 0. The molecule has 1 saturated heterocycles. The minimum absolute atomic E-state index is 0.0725. The van der Waals surface area contributed by atoms with Crippen LogP contribution in [0.4, 0.5) is 0 Å². The fraction of sp³-hybridized carbons (Fsp3) is 0.889. The van der Waals surface area contributed by atoms with Gasteiger partial charge in [-0.05, 0) is 5.92 Å². The SMILES string of the molecule is CC(CC(=O)O)CN1CCS(=O)(=O)CC1. The fourth-order valence-corrected chi connectivity index (χ4v) is 3.01. The minimum atomic E-state index is -2.83. The van der Waals surface area contributed by atoms with Crippen molar-refractivity contribution in [2.75, 3.05) is 31.1 Å². The van der Waals surface area contributed by atoms with E-state index >= 15 is 0 Å². The summed E-state index contributed by atoms with van der Waals surface area (Å²) in [5, 5.41) is 8.58. The Morgan fingerprint density at radius 3 is 2.40 bits per heavy atom. The molecule has 0 saturated carbocycles. The van der Waals surface area contributed by atoms with Crippen molar-refractivity contribution < 1.29 is 18.3 Å². The molecule has 0 bridgehead atoms. The molecule has 88 valence electrons. The highest BCUT2D eigenvalue weighted by molar-refractivity contribution is 7.91. The van der Waals surface area contributed by atoms with Crippen LogP contribution in [0.1, 0.15) is 13.3 Å². The Morgan fingerprint density at radius 2 is 1.93 bits per heavy atom. The van der Waals surface area contributed by atoms with Crippen LogP contribution >= 0.6 is 0 Å². The molecule has 15 heavy (non-hydrogen) atoms. The number of sulfone groups is 1. The number of nitrogens with zero attached hydrogens (tertiary/aromatic N) is 1. The fourth-order valence-electron chi connectivity index (χ4n) is 1.74. The second kappa shape index (κ2) is 4.94. The molecule has 0 aromatic rings. The lowest BCUT2D eigenvalue weighted by atomic mass is 10.1. The van der Waals surface area contributed by atoms with Gasteiger partial charge in [-0.2, -0.15) is 0 Å². The number of hydrogen-bond acceptors (Lipinski definition) is 4. The molecule has 1 rings (SSSR count). The number of carboxylic acid groups (broad SMARTS) is 1. The zero-order valence-electron chi connectivity index (χ0n) is 8.85. The van der Waals surface area contributed by atoms with E-state index in [0.717, 1.165) is 0 Å². The first-order chi connectivity index (χ1) is 6.89. The van der Waals surface area contributed by atoms with Crippen LogP contribution in [0, 0.1) is 5.92 Å². The Labute approximate surface area is 90.0 Å². The van der Waals surface area contributed by atoms with E-state index in [1.165, 1.54) is 0 Å². The van der Waals surface area contributed by atoms with Gasteiger partial charge < -0.3 is 10.0 Å². The van der Waals surface area contributed by atoms with Crippen molar-refractivity contribution >= 4 is 15.8 Å². The molecular weight excluding hydrogens is 218 g/mol. The molecule has 1 atom stereocenters. The van der Waals surface area contributed by atoms with Crippen LogP contribution in [0.3, 0.4) is 0 Å². The summed E-state index contributed by atoms with van der Waals surface area (Å²) in [5.41, 5.74) is 0. The summed E-state index contributed by atoms with van der Waals surface area (Å²) in [6.07, 6.45) is 0.142. The molecule has 0 aromatic heterocycles. The van der Waals surface area contributed by atoms with Gasteiger partial charge in [0.05, 0.1) is 11.5 Å². The van der Waals surface area contributed by atoms with Gasteiger partial charge in [-0.1, -0.05) is 6.92 Å². The van der Waals surface area contributed by atoms with E-state index in [-0.39, 0.29) is 23.8 Å². The smallest absolute Gasteiger partial charge is 0.303 e. The van der Waals surface area contributed by atoms with Crippen molar-refractivity contribution in [3.05, 3.63) is 0 Å². The van der Waals surface area contributed by atoms with Gasteiger partial charge in [-0.15, -0.1) is 0 Å². The molecule has 6 heteroatoms. The van der Waals surface area contributed by atoms with Gasteiger partial charge in [0.1, 0.15) is 0 Å². The Morgan fingerprint density at radius 1 is 1.40 bits per heavy atom. The molecule has 0 amide bonds. The van der Waals surface area contributed by atoms with Crippen molar-refractivity contribution in [2.24, 2.45) is 5.92 Å². The number of hydrogen-bond donors (Lipinski definition) is 1. The predicted octanol–water partition coefficient (Wildman–Crippen LogP) is -0.172. The number of carbonyl (C=O) groups is 1. The molecular formula is C9H17NO4S. The van der Waals surface area contributed by atoms with Gasteiger partial charge in [0.2, 0.25) is 0 Å². The number of rotatable bonds is 4. The van der Waals surface area contributed by atoms with Gasteiger partial charge >= 0.3 is 5.97 Å². The summed E-state index contributed by atoms with van der Waals surface area (Å²) in [7, 11) is -2.83. The van der Waals surface area contributed by atoms with Gasteiger partial charge in [0.25, 0.3) is 0 Å². The molecule has 0 radical (unpaired) electrons. The molecule has 1 aliphatic heterocycles. The Hall–Kier alpha value is -0.620. The van der Waals surface area contributed by atoms with Crippen molar-refractivity contribution in [2.45, 2.75) is 13.3 Å². The third kappa shape index (κ3) is 4.61. The van der Waals surface area contributed by atoms with Gasteiger partial charge in [-0.25, -0.2) is 8.42 Å². The van der Waals surface area contributed by atoms with Crippen molar-refractivity contribution in [1.29, 1.82) is 0 Å². The van der Waals surface area contributed by atoms with Crippen LogP contribution in [0.2, 0.25) is 0 Å². The zero-order chi connectivity index (χ0) is 11.5. The predicted molar refractivity (Wildman–Crippen MR) is 56.5 cm³/mol. The molecule has 1 aliphatic rings. The molecule has 0 aromatic carbocycles. The largest absolute Gasteiger partial charge is 0.481 e. The zero-order valence-corrected chi connectivity index (χ0v) is 9.66. The van der Waals surface area contributed by atoms with E-state index in [2.05, 4.69) is 0 Å². The first-order valence-corrected chi connectivity index (χ1v) is 6.86. The van der Waals surface area contributed by atoms with Gasteiger partial charge in [-0.3, -0.25) is 4.79 Å². The highest BCUT2D eigenvalue weighted by atomic mass is 32.2. The monoisotopic (exact) mass is 235 g/mol. The average molecular weight is 235 g/mol. The second-order valence-corrected chi connectivity index (χ2v) is 6.46. The van der Waals surface area contributed by atoms with Crippen molar-refractivity contribution in [3.8, 4) is 0 Å². The summed E-state index contributed by atoms with van der Waals surface area (Å²) in [5.74, 6) is -0.324. The maximum Gasteiger partial charge on any atom is 0.303 e. The molecule has 1 N–H and O–H groups in total. The van der Waals surface area contributed by atoms with Crippen LogP contribution in [-0.2, 0) is 14.6 Å². The summed E-state index contributed by atoms with van der Waals surface area (Å²) in [6, 6.07) is 0. The summed E-state index contributed by atoms with van der Waals surface area (Å²) < 4.78 is 22.3. The summed E-state index contributed by atoms with van der Waals surface area (Å²) in [4.78, 5) is 12.5. The topological polar surface area (TPSA) is 74.7 Å². The lowest BCUT2D eigenvalue weighted by Gasteiger charge is -2.28. The Bertz CT molecular complexity index is 311. The molecule has 0 aliphatic carbocycles. The maximum absolute atomic E-state index is 11.1. The van der Waals surface area contributed by atoms with E-state index in [1.54, 1.807) is 0 Å². The summed E-state index contributed by atoms with van der Waals surface area (Å²) in [6.45, 7) is 3.61. The molecule has 1 fully saturated rings. The van der Waals surface area contributed by atoms with E-state index < -0.39 is 15.8 Å². The third-order valence-electron chi connectivity index (χ3n) is 2.53. The van der Waals surface area contributed by atoms with E-state index in [1.807, 2.05) is 11.8 Å². The normalized spacial score (nSPS) is 23.5. The molecule has 1 heterocycles. The van der Waals surface area contributed by atoms with Crippen molar-refractivity contribution in [1.82, 2.24) is 4.90 Å². The standard InChI is InChI=1S/C9H17NO4S/c1-8(6-9(11)12)7-10-2-4-15(13,14)5-3-10/h8H,2-7H2,1H3,(H,11,12). The lowest BCUT2D eigenvalue weighted by Crippen LogP contribution is -2.42. The Kier molecular flexibility index (Phi) is 4.10. The van der Waals surface area contributed by atoms with Crippen LogP contribution < -0.4 is 0 Å². The van der Waals surface area contributed by atoms with Gasteiger partial charge in [0.15, 0.2) is 9.84 Å². The quantitative estimate of drug-likeness (QED) is 0.732. The second-order valence-electron chi connectivity index (χ2n) is 4.16. The van der Waals surface area contributed by atoms with E-state index in [4.69, 9.17) is 5.11 Å². The average Bonchev–Trinajstić information content (AvgIpc) is 2.07. The molecule has 1 unspecified atom stereocenters. The van der Waals surface area contributed by atoms with E-state index in [0.29, 0.717) is 19.6 Å². The van der Waals surface area contributed by atoms with Crippen LogP contribution in [-0.4, -0.2) is 55.5 Å². The maximum atomic E-state index is 11.1.